The van der Waals surface area contributed by atoms with Gasteiger partial charge in [0.05, 0.1) is 19.3 Å². The second kappa shape index (κ2) is 9.09. The van der Waals surface area contributed by atoms with Gasteiger partial charge in [-0.2, -0.15) is 5.26 Å². The van der Waals surface area contributed by atoms with Gasteiger partial charge >= 0.3 is 0 Å². The van der Waals surface area contributed by atoms with Gasteiger partial charge in [-0.25, -0.2) is 0 Å². The molecule has 1 saturated heterocycles. The van der Waals surface area contributed by atoms with Crippen molar-refractivity contribution in [2.75, 3.05) is 20.3 Å². The van der Waals surface area contributed by atoms with E-state index in [2.05, 4.69) is 5.32 Å². The summed E-state index contributed by atoms with van der Waals surface area (Å²) >= 11 is 0. The van der Waals surface area contributed by atoms with Crippen LogP contribution in [0.25, 0.3) is 6.08 Å². The number of ether oxygens (including phenoxy) is 3. The Morgan fingerprint density at radius 1 is 1.48 bits per heavy atom. The van der Waals surface area contributed by atoms with Crippen LogP contribution in [-0.4, -0.2) is 38.4 Å². The van der Waals surface area contributed by atoms with Crippen LogP contribution in [0.3, 0.4) is 0 Å². The minimum atomic E-state index is -0.403. The van der Waals surface area contributed by atoms with E-state index in [-0.39, 0.29) is 17.8 Å². The first kappa shape index (κ1) is 18.8. The number of hydrogen-bond donors (Lipinski definition) is 1. The molecule has 1 amide bonds. The average molecular weight is 344 g/mol. The van der Waals surface area contributed by atoms with Crippen LogP contribution in [0.15, 0.2) is 23.8 Å². The summed E-state index contributed by atoms with van der Waals surface area (Å²) in [4.78, 5) is 12.2. The van der Waals surface area contributed by atoms with Crippen molar-refractivity contribution in [3.63, 3.8) is 0 Å². The Kier molecular flexibility index (Phi) is 6.84. The molecular weight excluding hydrogens is 320 g/mol. The molecule has 1 aliphatic rings. The zero-order chi connectivity index (χ0) is 18.2. The van der Waals surface area contributed by atoms with Crippen molar-refractivity contribution in [3.05, 3.63) is 29.3 Å². The Balaban J connectivity index is 2.09. The molecule has 0 bridgehead atoms. The number of carbonyl (C=O) groups is 1. The Morgan fingerprint density at radius 3 is 2.88 bits per heavy atom. The molecule has 6 nitrogen and oxygen atoms in total. The lowest BCUT2D eigenvalue weighted by Crippen LogP contribution is -2.32. The van der Waals surface area contributed by atoms with Crippen molar-refractivity contribution >= 4 is 12.0 Å². The lowest BCUT2D eigenvalue weighted by molar-refractivity contribution is -0.117. The van der Waals surface area contributed by atoms with Gasteiger partial charge in [0.2, 0.25) is 0 Å². The number of amides is 1. The molecule has 0 radical (unpaired) electrons. The highest BCUT2D eigenvalue weighted by Gasteiger charge is 2.17. The third-order valence-corrected chi connectivity index (χ3v) is 3.74. The summed E-state index contributed by atoms with van der Waals surface area (Å²) in [5.41, 5.74) is 0.731. The van der Waals surface area contributed by atoms with Crippen molar-refractivity contribution in [2.45, 2.75) is 38.9 Å². The molecule has 0 aliphatic carbocycles. The van der Waals surface area contributed by atoms with E-state index in [1.165, 1.54) is 6.08 Å². The van der Waals surface area contributed by atoms with Crippen LogP contribution >= 0.6 is 0 Å². The lowest BCUT2D eigenvalue weighted by Gasteiger charge is -2.14. The summed E-state index contributed by atoms with van der Waals surface area (Å²) in [6.45, 7) is 5.01. The predicted octanol–water partition coefficient (Wildman–Crippen LogP) is 2.68. The SMILES string of the molecule is COc1cc(/C=C(/C#N)C(=O)NC[C@@H]2CCCO2)ccc1OC(C)C. The molecule has 1 aromatic carbocycles. The molecule has 25 heavy (non-hydrogen) atoms. The van der Waals surface area contributed by atoms with Gasteiger partial charge in [-0.1, -0.05) is 6.07 Å². The number of nitriles is 1. The monoisotopic (exact) mass is 344 g/mol. The summed E-state index contributed by atoms with van der Waals surface area (Å²) in [6.07, 6.45) is 3.53. The van der Waals surface area contributed by atoms with Gasteiger partial charge in [0.1, 0.15) is 11.6 Å². The van der Waals surface area contributed by atoms with Gasteiger partial charge < -0.3 is 19.5 Å². The van der Waals surface area contributed by atoms with Gasteiger partial charge in [0.25, 0.3) is 5.91 Å². The van der Waals surface area contributed by atoms with E-state index < -0.39 is 5.91 Å². The molecule has 0 saturated carbocycles. The minimum absolute atomic E-state index is 0.0218. The van der Waals surface area contributed by atoms with Crippen molar-refractivity contribution in [1.82, 2.24) is 5.32 Å². The zero-order valence-electron chi connectivity index (χ0n) is 14.9. The standard InChI is InChI=1S/C19H24N2O4/c1-13(2)25-17-7-6-14(10-18(17)23-3)9-15(11-20)19(22)21-12-16-5-4-8-24-16/h6-7,9-10,13,16H,4-5,8,12H2,1-3H3,(H,21,22)/b15-9-/t16-/m0/s1. The maximum absolute atomic E-state index is 12.2. The van der Waals surface area contributed by atoms with Gasteiger partial charge in [0.15, 0.2) is 11.5 Å². The van der Waals surface area contributed by atoms with Crippen LogP contribution in [0.4, 0.5) is 0 Å². The summed E-state index contributed by atoms with van der Waals surface area (Å²) < 4.78 is 16.4. The number of nitrogens with one attached hydrogen (secondary N) is 1. The Labute approximate surface area is 148 Å². The van der Waals surface area contributed by atoms with Crippen molar-refractivity contribution in [1.29, 1.82) is 5.26 Å². The second-order valence-corrected chi connectivity index (χ2v) is 6.09. The van der Waals surface area contributed by atoms with E-state index in [1.807, 2.05) is 19.9 Å². The fourth-order valence-corrected chi connectivity index (χ4v) is 2.55. The number of carbonyl (C=O) groups excluding carboxylic acids is 1. The van der Waals surface area contributed by atoms with E-state index in [9.17, 15) is 10.1 Å². The number of nitrogens with zero attached hydrogens (tertiary/aromatic N) is 1. The fraction of sp³-hybridized carbons (Fsp3) is 0.474. The Bertz CT molecular complexity index is 670. The first-order valence-electron chi connectivity index (χ1n) is 8.39. The Morgan fingerprint density at radius 2 is 2.28 bits per heavy atom. The molecule has 1 aliphatic heterocycles. The molecule has 1 N–H and O–H groups in total. The van der Waals surface area contributed by atoms with Crippen LogP contribution in [0.2, 0.25) is 0 Å². The third-order valence-electron chi connectivity index (χ3n) is 3.74. The second-order valence-electron chi connectivity index (χ2n) is 6.09. The van der Waals surface area contributed by atoms with Crippen LogP contribution in [0.5, 0.6) is 11.5 Å². The quantitative estimate of drug-likeness (QED) is 0.607. The van der Waals surface area contributed by atoms with Crippen LogP contribution in [0, 0.1) is 11.3 Å². The fourth-order valence-electron chi connectivity index (χ4n) is 2.55. The third kappa shape index (κ3) is 5.50. The molecule has 0 spiro atoms. The largest absolute Gasteiger partial charge is 0.493 e. The minimum Gasteiger partial charge on any atom is -0.493 e. The van der Waals surface area contributed by atoms with Crippen molar-refractivity contribution < 1.29 is 19.0 Å². The van der Waals surface area contributed by atoms with E-state index in [0.29, 0.717) is 23.6 Å². The van der Waals surface area contributed by atoms with E-state index in [4.69, 9.17) is 14.2 Å². The number of rotatable bonds is 7. The highest BCUT2D eigenvalue weighted by atomic mass is 16.5. The smallest absolute Gasteiger partial charge is 0.262 e. The molecule has 1 heterocycles. The maximum Gasteiger partial charge on any atom is 0.262 e. The van der Waals surface area contributed by atoms with Crippen LogP contribution in [0.1, 0.15) is 32.3 Å². The molecule has 1 fully saturated rings. The van der Waals surface area contributed by atoms with Crippen LogP contribution < -0.4 is 14.8 Å². The molecule has 0 aromatic heterocycles. The molecular formula is C19H24N2O4. The molecule has 2 rings (SSSR count). The number of methoxy groups -OCH3 is 1. The normalized spacial score (nSPS) is 17.2. The van der Waals surface area contributed by atoms with Gasteiger partial charge in [0, 0.05) is 13.2 Å². The highest BCUT2D eigenvalue weighted by molar-refractivity contribution is 6.01. The number of hydrogen-bond acceptors (Lipinski definition) is 5. The first-order chi connectivity index (χ1) is 12.0. The summed E-state index contributed by atoms with van der Waals surface area (Å²) in [7, 11) is 1.55. The predicted molar refractivity (Wildman–Crippen MR) is 94.3 cm³/mol. The molecule has 6 heteroatoms. The van der Waals surface area contributed by atoms with Gasteiger partial charge in [-0.3, -0.25) is 4.79 Å². The summed E-state index contributed by atoms with van der Waals surface area (Å²) in [6, 6.07) is 7.24. The molecule has 1 atom stereocenters. The first-order valence-corrected chi connectivity index (χ1v) is 8.39. The van der Waals surface area contributed by atoms with Crippen molar-refractivity contribution in [2.24, 2.45) is 0 Å². The van der Waals surface area contributed by atoms with Gasteiger partial charge in [-0.05, 0) is 50.5 Å². The molecule has 0 unspecified atom stereocenters. The van der Waals surface area contributed by atoms with Crippen molar-refractivity contribution in [3.8, 4) is 17.6 Å². The number of benzene rings is 1. The maximum atomic E-state index is 12.2. The summed E-state index contributed by atoms with van der Waals surface area (Å²) in [5, 5.41) is 12.0. The topological polar surface area (TPSA) is 80.6 Å². The average Bonchev–Trinajstić information content (AvgIpc) is 3.11. The van der Waals surface area contributed by atoms with Gasteiger partial charge in [-0.15, -0.1) is 0 Å². The lowest BCUT2D eigenvalue weighted by atomic mass is 10.1. The zero-order valence-corrected chi connectivity index (χ0v) is 14.9. The molecule has 1 aromatic rings. The Hall–Kier alpha value is -2.52. The summed E-state index contributed by atoms with van der Waals surface area (Å²) in [5.74, 6) is 0.773. The molecule has 134 valence electrons. The highest BCUT2D eigenvalue weighted by Crippen LogP contribution is 2.29. The van der Waals surface area contributed by atoms with E-state index in [0.717, 1.165) is 19.4 Å². The van der Waals surface area contributed by atoms with E-state index in [1.54, 1.807) is 25.3 Å². The van der Waals surface area contributed by atoms with E-state index >= 15 is 0 Å². The van der Waals surface area contributed by atoms with Crippen LogP contribution in [-0.2, 0) is 9.53 Å².